The molecule has 2 heteroatoms. The standard InChI is InChI=1S/C28H24O2/c1-22-15-17-25(18-16-22)19-20-26-13-6-7-14-27(26)28(29)30-21-23(2)9-8-12-24-10-4-3-5-11-24/h3-8,10-18H,2,9,21H2,1H3/b12-8+. The number of hydrogen-bond acceptors (Lipinski definition) is 2. The molecule has 0 heterocycles. The van der Waals surface area contributed by atoms with Crippen molar-refractivity contribution in [1.82, 2.24) is 0 Å². The van der Waals surface area contributed by atoms with Crippen molar-refractivity contribution in [2.75, 3.05) is 6.61 Å². The summed E-state index contributed by atoms with van der Waals surface area (Å²) in [6, 6.07) is 25.3. The van der Waals surface area contributed by atoms with Gasteiger partial charge in [-0.25, -0.2) is 4.79 Å². The van der Waals surface area contributed by atoms with Gasteiger partial charge in [0.15, 0.2) is 0 Å². The molecule has 0 atom stereocenters. The van der Waals surface area contributed by atoms with Gasteiger partial charge in [-0.15, -0.1) is 0 Å². The second kappa shape index (κ2) is 10.6. The van der Waals surface area contributed by atoms with Crippen LogP contribution >= 0.6 is 0 Å². The van der Waals surface area contributed by atoms with Gasteiger partial charge in [-0.05, 0) is 48.7 Å². The fraction of sp³-hybridized carbons (Fsp3) is 0.107. The molecule has 0 unspecified atom stereocenters. The smallest absolute Gasteiger partial charge is 0.339 e. The Morgan fingerprint density at radius 3 is 2.40 bits per heavy atom. The molecule has 0 bridgehead atoms. The van der Waals surface area contributed by atoms with Crippen molar-refractivity contribution in [2.24, 2.45) is 0 Å². The molecule has 2 nitrogen and oxygen atoms in total. The number of hydrogen-bond donors (Lipinski definition) is 0. The van der Waals surface area contributed by atoms with Gasteiger partial charge < -0.3 is 4.74 Å². The van der Waals surface area contributed by atoms with Crippen molar-refractivity contribution in [3.8, 4) is 11.8 Å². The summed E-state index contributed by atoms with van der Waals surface area (Å²) < 4.78 is 5.46. The third-order valence-electron chi connectivity index (χ3n) is 4.46. The van der Waals surface area contributed by atoms with Crippen molar-refractivity contribution in [2.45, 2.75) is 13.3 Å². The summed E-state index contributed by atoms with van der Waals surface area (Å²) in [5, 5.41) is 0. The Bertz CT molecular complexity index is 1090. The highest BCUT2D eigenvalue weighted by Gasteiger charge is 2.11. The molecular formula is C28H24O2. The molecule has 0 spiro atoms. The molecule has 0 amide bonds. The molecule has 0 aliphatic heterocycles. The second-order valence-corrected chi connectivity index (χ2v) is 7.00. The SMILES string of the molecule is C=C(C/C=C/c1ccccc1)COC(=O)c1ccccc1C#Cc1ccc(C)cc1. The minimum Gasteiger partial charge on any atom is -0.458 e. The van der Waals surface area contributed by atoms with Crippen molar-refractivity contribution in [3.63, 3.8) is 0 Å². The summed E-state index contributed by atoms with van der Waals surface area (Å²) in [5.74, 6) is 5.80. The molecule has 3 rings (SSSR count). The van der Waals surface area contributed by atoms with Gasteiger partial charge in [0, 0.05) is 11.1 Å². The van der Waals surface area contributed by atoms with Gasteiger partial charge in [-0.3, -0.25) is 0 Å². The molecule has 0 saturated heterocycles. The highest BCUT2D eigenvalue weighted by molar-refractivity contribution is 5.92. The Hall–Kier alpha value is -3.83. The molecule has 0 fully saturated rings. The predicted octanol–water partition coefficient (Wildman–Crippen LogP) is 6.21. The van der Waals surface area contributed by atoms with E-state index in [0.29, 0.717) is 17.5 Å². The maximum absolute atomic E-state index is 12.6. The largest absolute Gasteiger partial charge is 0.458 e. The Morgan fingerprint density at radius 1 is 0.933 bits per heavy atom. The first-order valence-electron chi connectivity index (χ1n) is 9.85. The zero-order chi connectivity index (χ0) is 21.2. The lowest BCUT2D eigenvalue weighted by molar-refractivity contribution is 0.0538. The number of carbonyl (C=O) groups is 1. The van der Waals surface area contributed by atoms with E-state index in [2.05, 4.69) is 18.4 Å². The van der Waals surface area contributed by atoms with Gasteiger partial charge in [-0.1, -0.05) is 90.7 Å². The molecule has 0 aliphatic carbocycles. The van der Waals surface area contributed by atoms with Gasteiger partial charge in [0.05, 0.1) is 5.56 Å². The number of rotatable bonds is 6. The van der Waals surface area contributed by atoms with Gasteiger partial charge >= 0.3 is 5.97 Å². The summed E-state index contributed by atoms with van der Waals surface area (Å²) in [6.45, 7) is 6.21. The summed E-state index contributed by atoms with van der Waals surface area (Å²) >= 11 is 0. The minimum absolute atomic E-state index is 0.178. The molecule has 3 aromatic rings. The number of esters is 1. The van der Waals surface area contributed by atoms with E-state index in [1.54, 1.807) is 6.07 Å². The van der Waals surface area contributed by atoms with Gasteiger partial charge in [-0.2, -0.15) is 0 Å². The first-order chi connectivity index (χ1) is 14.6. The van der Waals surface area contributed by atoms with Crippen LogP contribution in [0.25, 0.3) is 6.08 Å². The molecule has 3 aromatic carbocycles. The second-order valence-electron chi connectivity index (χ2n) is 7.00. The Balaban J connectivity index is 1.58. The lowest BCUT2D eigenvalue weighted by Crippen LogP contribution is -2.09. The molecule has 0 N–H and O–H groups in total. The third-order valence-corrected chi connectivity index (χ3v) is 4.46. The van der Waals surface area contributed by atoms with E-state index in [1.165, 1.54) is 5.56 Å². The summed E-state index contributed by atoms with van der Waals surface area (Å²) in [6.07, 6.45) is 4.70. The number of carbonyl (C=O) groups excluding carboxylic acids is 1. The maximum atomic E-state index is 12.6. The third kappa shape index (κ3) is 6.36. The molecule has 0 aliphatic rings. The maximum Gasteiger partial charge on any atom is 0.339 e. The predicted molar refractivity (Wildman–Crippen MR) is 123 cm³/mol. The number of aryl methyl sites for hydroxylation is 1. The van der Waals surface area contributed by atoms with Crippen LogP contribution in [0.1, 0.15) is 39.0 Å². The number of allylic oxidation sites excluding steroid dienone is 1. The van der Waals surface area contributed by atoms with E-state index in [1.807, 2.05) is 91.9 Å². The van der Waals surface area contributed by atoms with Crippen molar-refractivity contribution >= 4 is 12.0 Å². The first-order valence-corrected chi connectivity index (χ1v) is 9.85. The number of benzene rings is 3. The highest BCUT2D eigenvalue weighted by Crippen LogP contribution is 2.12. The van der Waals surface area contributed by atoms with E-state index in [0.717, 1.165) is 16.7 Å². The zero-order valence-corrected chi connectivity index (χ0v) is 17.1. The van der Waals surface area contributed by atoms with E-state index >= 15 is 0 Å². The lowest BCUT2D eigenvalue weighted by Gasteiger charge is -2.07. The summed E-state index contributed by atoms with van der Waals surface area (Å²) in [5.41, 5.74) is 5.16. The van der Waals surface area contributed by atoms with Crippen LogP contribution in [0.5, 0.6) is 0 Å². The van der Waals surface area contributed by atoms with Crippen molar-refractivity contribution in [1.29, 1.82) is 0 Å². The summed E-state index contributed by atoms with van der Waals surface area (Å²) in [4.78, 5) is 12.6. The van der Waals surface area contributed by atoms with Crippen LogP contribution in [0, 0.1) is 18.8 Å². The lowest BCUT2D eigenvalue weighted by atomic mass is 10.1. The van der Waals surface area contributed by atoms with Gasteiger partial charge in [0.25, 0.3) is 0 Å². The molecule has 0 saturated carbocycles. The Labute approximate surface area is 178 Å². The average molecular weight is 392 g/mol. The van der Waals surface area contributed by atoms with Crippen molar-refractivity contribution in [3.05, 3.63) is 125 Å². The number of ether oxygens (including phenoxy) is 1. The van der Waals surface area contributed by atoms with Crippen molar-refractivity contribution < 1.29 is 9.53 Å². The summed E-state index contributed by atoms with van der Waals surface area (Å²) in [7, 11) is 0. The quantitative estimate of drug-likeness (QED) is 0.283. The van der Waals surface area contributed by atoms with E-state index in [4.69, 9.17) is 4.74 Å². The van der Waals surface area contributed by atoms with Gasteiger partial charge in [0.2, 0.25) is 0 Å². The molecule has 148 valence electrons. The van der Waals surface area contributed by atoms with Crippen LogP contribution in [0.15, 0.2) is 97.1 Å². The Morgan fingerprint density at radius 2 is 1.63 bits per heavy atom. The molecule has 0 radical (unpaired) electrons. The highest BCUT2D eigenvalue weighted by atomic mass is 16.5. The van der Waals surface area contributed by atoms with Crippen LogP contribution in [0.4, 0.5) is 0 Å². The fourth-order valence-corrected chi connectivity index (χ4v) is 2.78. The van der Waals surface area contributed by atoms with Crippen LogP contribution < -0.4 is 0 Å². The molecule has 0 aromatic heterocycles. The first kappa shape index (κ1) is 20.9. The van der Waals surface area contributed by atoms with Gasteiger partial charge in [0.1, 0.15) is 6.61 Å². The van der Waals surface area contributed by atoms with Crippen LogP contribution in [0.3, 0.4) is 0 Å². The monoisotopic (exact) mass is 392 g/mol. The molecule has 30 heavy (non-hydrogen) atoms. The Kier molecular flexibility index (Phi) is 7.41. The average Bonchev–Trinajstić information content (AvgIpc) is 2.78. The zero-order valence-electron chi connectivity index (χ0n) is 17.1. The van der Waals surface area contributed by atoms with Crippen LogP contribution in [-0.2, 0) is 4.74 Å². The topological polar surface area (TPSA) is 26.3 Å². The van der Waals surface area contributed by atoms with Crippen LogP contribution in [-0.4, -0.2) is 12.6 Å². The van der Waals surface area contributed by atoms with E-state index < -0.39 is 5.97 Å². The minimum atomic E-state index is -0.392. The van der Waals surface area contributed by atoms with E-state index in [-0.39, 0.29) is 6.61 Å². The van der Waals surface area contributed by atoms with Crippen LogP contribution in [0.2, 0.25) is 0 Å². The fourth-order valence-electron chi connectivity index (χ4n) is 2.78. The normalized spacial score (nSPS) is 10.3. The van der Waals surface area contributed by atoms with E-state index in [9.17, 15) is 4.79 Å². The molecular weight excluding hydrogens is 368 g/mol.